The van der Waals surface area contributed by atoms with Crippen LogP contribution < -0.4 is 10.5 Å². The number of nitrogen functional groups attached to an aromatic ring is 1. The van der Waals surface area contributed by atoms with Crippen LogP contribution >= 0.6 is 15.9 Å². The van der Waals surface area contributed by atoms with Crippen molar-refractivity contribution in [2.75, 3.05) is 5.73 Å². The summed E-state index contributed by atoms with van der Waals surface area (Å²) in [5, 5.41) is 0. The van der Waals surface area contributed by atoms with Gasteiger partial charge in [0.1, 0.15) is 11.5 Å². The molecule has 0 saturated carbocycles. The summed E-state index contributed by atoms with van der Waals surface area (Å²) < 4.78 is 43.5. The number of benzene rings is 2. The van der Waals surface area contributed by atoms with Crippen LogP contribution in [-0.2, 0) is 6.18 Å². The van der Waals surface area contributed by atoms with Crippen molar-refractivity contribution in [2.45, 2.75) is 13.1 Å². The van der Waals surface area contributed by atoms with Crippen LogP contribution in [0.25, 0.3) is 0 Å². The standard InChI is InChI=1S/C14H11BrF3NO/c1-8-6-11(7-12(15)13(8)19)20-10-4-2-9(3-5-10)14(16,17)18/h2-7H,19H2,1H3. The molecule has 0 fully saturated rings. The lowest BCUT2D eigenvalue weighted by Gasteiger charge is -2.11. The molecule has 2 aromatic carbocycles. The Hall–Kier alpha value is -1.69. The SMILES string of the molecule is Cc1cc(Oc2ccc(C(F)(F)F)cc2)cc(Br)c1N. The number of hydrogen-bond acceptors (Lipinski definition) is 2. The predicted molar refractivity (Wildman–Crippen MR) is 74.8 cm³/mol. The van der Waals surface area contributed by atoms with Gasteiger partial charge in [0.15, 0.2) is 0 Å². The number of alkyl halides is 3. The lowest BCUT2D eigenvalue weighted by molar-refractivity contribution is -0.137. The van der Waals surface area contributed by atoms with Gasteiger partial charge in [-0.1, -0.05) is 0 Å². The van der Waals surface area contributed by atoms with Crippen molar-refractivity contribution in [3.8, 4) is 11.5 Å². The van der Waals surface area contributed by atoms with Crippen molar-refractivity contribution in [2.24, 2.45) is 0 Å². The molecule has 0 amide bonds. The summed E-state index contributed by atoms with van der Waals surface area (Å²) in [4.78, 5) is 0. The third-order valence-electron chi connectivity index (χ3n) is 2.73. The van der Waals surface area contributed by atoms with Crippen molar-refractivity contribution in [3.63, 3.8) is 0 Å². The molecule has 0 atom stereocenters. The molecule has 0 heterocycles. The Morgan fingerprint density at radius 2 is 1.65 bits per heavy atom. The molecular weight excluding hydrogens is 335 g/mol. The molecule has 0 unspecified atom stereocenters. The van der Waals surface area contributed by atoms with E-state index in [1.54, 1.807) is 12.1 Å². The maximum atomic E-state index is 12.4. The van der Waals surface area contributed by atoms with Gasteiger partial charge in [0.05, 0.1) is 5.56 Å². The van der Waals surface area contributed by atoms with E-state index in [2.05, 4.69) is 15.9 Å². The number of aryl methyl sites for hydroxylation is 1. The highest BCUT2D eigenvalue weighted by Crippen LogP contribution is 2.33. The average Bonchev–Trinajstić information content (AvgIpc) is 2.35. The Bertz CT molecular complexity index is 600. The Morgan fingerprint density at radius 3 is 2.15 bits per heavy atom. The van der Waals surface area contributed by atoms with Crippen molar-refractivity contribution >= 4 is 21.6 Å². The first kappa shape index (κ1) is 14.7. The topological polar surface area (TPSA) is 35.2 Å². The van der Waals surface area contributed by atoms with E-state index in [1.807, 2.05) is 6.92 Å². The zero-order chi connectivity index (χ0) is 14.9. The van der Waals surface area contributed by atoms with Crippen LogP contribution in [0.15, 0.2) is 40.9 Å². The molecule has 2 N–H and O–H groups in total. The highest BCUT2D eigenvalue weighted by Gasteiger charge is 2.30. The molecule has 0 bridgehead atoms. The molecule has 0 aliphatic carbocycles. The summed E-state index contributed by atoms with van der Waals surface area (Å²) in [5.41, 5.74) is 6.50. The van der Waals surface area contributed by atoms with Gasteiger partial charge < -0.3 is 10.5 Å². The van der Waals surface area contributed by atoms with E-state index >= 15 is 0 Å². The van der Waals surface area contributed by atoms with Crippen molar-refractivity contribution in [1.82, 2.24) is 0 Å². The van der Waals surface area contributed by atoms with Gasteiger partial charge in [-0.05, 0) is 64.8 Å². The molecule has 0 aromatic heterocycles. The minimum atomic E-state index is -4.35. The van der Waals surface area contributed by atoms with Crippen LogP contribution in [-0.4, -0.2) is 0 Å². The summed E-state index contributed by atoms with van der Waals surface area (Å²) in [6, 6.07) is 7.91. The second kappa shape index (κ2) is 5.36. The molecule has 0 spiro atoms. The zero-order valence-electron chi connectivity index (χ0n) is 10.5. The molecule has 20 heavy (non-hydrogen) atoms. The molecular formula is C14H11BrF3NO. The largest absolute Gasteiger partial charge is 0.457 e. The van der Waals surface area contributed by atoms with Crippen LogP contribution in [0.3, 0.4) is 0 Å². The molecule has 0 radical (unpaired) electrons. The van der Waals surface area contributed by atoms with Gasteiger partial charge in [-0.2, -0.15) is 13.2 Å². The average molecular weight is 346 g/mol. The molecule has 0 aliphatic heterocycles. The van der Waals surface area contributed by atoms with E-state index in [0.29, 0.717) is 21.7 Å². The smallest absolute Gasteiger partial charge is 0.416 e. The minimum absolute atomic E-state index is 0.328. The third-order valence-corrected chi connectivity index (χ3v) is 3.38. The van der Waals surface area contributed by atoms with Gasteiger partial charge in [-0.25, -0.2) is 0 Å². The first-order chi connectivity index (χ1) is 9.27. The quantitative estimate of drug-likeness (QED) is 0.763. The minimum Gasteiger partial charge on any atom is -0.457 e. The molecule has 0 aliphatic rings. The highest BCUT2D eigenvalue weighted by atomic mass is 79.9. The molecule has 2 nitrogen and oxygen atoms in total. The number of ether oxygens (including phenoxy) is 1. The Morgan fingerprint density at radius 1 is 1.05 bits per heavy atom. The van der Waals surface area contributed by atoms with Crippen molar-refractivity contribution in [1.29, 1.82) is 0 Å². The van der Waals surface area contributed by atoms with Crippen molar-refractivity contribution < 1.29 is 17.9 Å². The van der Waals surface area contributed by atoms with Gasteiger partial charge in [-0.15, -0.1) is 0 Å². The molecule has 2 rings (SSSR count). The molecule has 6 heteroatoms. The lowest BCUT2D eigenvalue weighted by atomic mass is 10.2. The van der Waals surface area contributed by atoms with Crippen LogP contribution in [0.4, 0.5) is 18.9 Å². The summed E-state index contributed by atoms with van der Waals surface area (Å²) >= 11 is 3.29. The number of nitrogens with two attached hydrogens (primary N) is 1. The summed E-state index contributed by atoms with van der Waals surface area (Å²) in [7, 11) is 0. The van der Waals surface area contributed by atoms with E-state index < -0.39 is 11.7 Å². The second-order valence-electron chi connectivity index (χ2n) is 4.26. The first-order valence-electron chi connectivity index (χ1n) is 5.68. The Balaban J connectivity index is 2.23. The maximum Gasteiger partial charge on any atom is 0.416 e. The van der Waals surface area contributed by atoms with Gasteiger partial charge in [0.25, 0.3) is 0 Å². The number of halogens is 4. The number of hydrogen-bond donors (Lipinski definition) is 1. The Labute approximate surface area is 122 Å². The first-order valence-corrected chi connectivity index (χ1v) is 6.47. The third kappa shape index (κ3) is 3.25. The maximum absolute atomic E-state index is 12.4. The van der Waals surface area contributed by atoms with Crippen LogP contribution in [0.5, 0.6) is 11.5 Å². The number of anilines is 1. The zero-order valence-corrected chi connectivity index (χ0v) is 12.0. The summed E-state index contributed by atoms with van der Waals surface area (Å²) in [6.45, 7) is 1.82. The molecule has 0 saturated heterocycles. The monoisotopic (exact) mass is 345 g/mol. The molecule has 106 valence electrons. The normalized spacial score (nSPS) is 11.4. The fourth-order valence-electron chi connectivity index (χ4n) is 1.63. The van der Waals surface area contributed by atoms with Gasteiger partial charge >= 0.3 is 6.18 Å². The van der Waals surface area contributed by atoms with Crippen LogP contribution in [0.2, 0.25) is 0 Å². The van der Waals surface area contributed by atoms with E-state index in [1.165, 1.54) is 12.1 Å². The summed E-state index contributed by atoms with van der Waals surface area (Å²) in [6.07, 6.45) is -4.35. The highest BCUT2D eigenvalue weighted by molar-refractivity contribution is 9.10. The molecule has 2 aromatic rings. The van der Waals surface area contributed by atoms with E-state index in [9.17, 15) is 13.2 Å². The Kier molecular flexibility index (Phi) is 3.94. The second-order valence-corrected chi connectivity index (χ2v) is 5.11. The number of rotatable bonds is 2. The van der Waals surface area contributed by atoms with E-state index in [0.717, 1.165) is 17.7 Å². The van der Waals surface area contributed by atoms with Crippen LogP contribution in [0, 0.1) is 6.92 Å². The van der Waals surface area contributed by atoms with Crippen LogP contribution in [0.1, 0.15) is 11.1 Å². The van der Waals surface area contributed by atoms with Gasteiger partial charge in [0, 0.05) is 10.2 Å². The van der Waals surface area contributed by atoms with E-state index in [-0.39, 0.29) is 0 Å². The predicted octanol–water partition coefficient (Wildman–Crippen LogP) is 5.15. The lowest BCUT2D eigenvalue weighted by Crippen LogP contribution is -2.04. The van der Waals surface area contributed by atoms with E-state index in [4.69, 9.17) is 10.5 Å². The fraction of sp³-hybridized carbons (Fsp3) is 0.143. The van der Waals surface area contributed by atoms with Gasteiger partial charge in [0.2, 0.25) is 0 Å². The fourth-order valence-corrected chi connectivity index (χ4v) is 2.17. The van der Waals surface area contributed by atoms with Crippen molar-refractivity contribution in [3.05, 3.63) is 52.0 Å². The van der Waals surface area contributed by atoms with Gasteiger partial charge in [-0.3, -0.25) is 0 Å². The summed E-state index contributed by atoms with van der Waals surface area (Å²) in [5.74, 6) is 0.831.